The van der Waals surface area contributed by atoms with Crippen molar-refractivity contribution in [2.45, 2.75) is 153 Å². The zero-order chi connectivity index (χ0) is 29.9. The number of fused-ring (bicyclic) bond motifs is 4. The molecule has 17 atom stereocenters. The van der Waals surface area contributed by atoms with Gasteiger partial charge in [-0.1, -0.05) is 27.7 Å². The molecule has 8 unspecified atom stereocenters. The van der Waals surface area contributed by atoms with Crippen LogP contribution in [0.2, 0.25) is 0 Å². The Bertz CT molecular complexity index is 994. The second-order valence-corrected chi connectivity index (χ2v) is 16.4. The molecule has 10 fully saturated rings. The third-order valence-corrected chi connectivity index (χ3v) is 14.0. The first kappa shape index (κ1) is 30.0. The fourth-order valence-corrected chi connectivity index (χ4v) is 11.4. The molecular weight excluding hydrogens is 552 g/mol. The molecule has 2 saturated carbocycles. The van der Waals surface area contributed by atoms with Gasteiger partial charge in [0.2, 0.25) is 11.6 Å². The minimum atomic E-state index is -0.782. The number of hydrogen-bond acceptors (Lipinski definition) is 9. The normalized spacial score (nSPS) is 59.5. The number of aliphatic hydroxyl groups is 1. The third-order valence-electron chi connectivity index (χ3n) is 14.0. The Morgan fingerprint density at radius 3 is 1.47 bits per heavy atom. The molecule has 8 heterocycles. The summed E-state index contributed by atoms with van der Waals surface area (Å²) >= 11 is 0. The first-order valence-corrected chi connectivity index (χ1v) is 17.5. The maximum atomic E-state index is 10.8. The predicted octanol–water partition coefficient (Wildman–Crippen LogP) is 5.88. The Morgan fingerprint density at radius 2 is 1.05 bits per heavy atom. The SMILES string of the molecule is C[C@@H]1CC[C@H]2[C@@H](C)C(CC(CO)CC3OC4O[C@]5(C)CC[C@H]6[C@H](C)CC[C@@H]([C@H]3C)C46OO5)OC3O[C@]4(C)CCC1C32OO4. The zero-order valence-electron chi connectivity index (χ0n) is 27.0. The number of hydrogen-bond donors (Lipinski definition) is 1. The van der Waals surface area contributed by atoms with Gasteiger partial charge in [0.05, 0.1) is 12.2 Å². The molecule has 0 aromatic rings. The van der Waals surface area contributed by atoms with Crippen LogP contribution in [0.4, 0.5) is 0 Å². The Hall–Kier alpha value is -0.360. The van der Waals surface area contributed by atoms with Crippen LogP contribution in [0.5, 0.6) is 0 Å². The molecule has 0 aromatic heterocycles. The highest BCUT2D eigenvalue weighted by molar-refractivity contribution is 5.11. The molecule has 8 saturated heterocycles. The van der Waals surface area contributed by atoms with Gasteiger partial charge in [0.15, 0.2) is 23.8 Å². The lowest BCUT2D eigenvalue weighted by Gasteiger charge is -2.61. The van der Waals surface area contributed by atoms with Gasteiger partial charge in [-0.3, -0.25) is 0 Å². The second-order valence-electron chi connectivity index (χ2n) is 16.4. The lowest BCUT2D eigenvalue weighted by Crippen LogP contribution is -2.70. The summed E-state index contributed by atoms with van der Waals surface area (Å²) in [4.78, 5) is 24.7. The van der Waals surface area contributed by atoms with Crippen molar-refractivity contribution in [3.8, 4) is 0 Å². The minimum absolute atomic E-state index is 0.0334. The molecule has 10 rings (SSSR count). The Balaban J connectivity index is 1.02. The van der Waals surface area contributed by atoms with Crippen LogP contribution in [0.15, 0.2) is 0 Å². The Kier molecular flexibility index (Phi) is 7.20. The monoisotopic (exact) mass is 606 g/mol. The van der Waals surface area contributed by atoms with Gasteiger partial charge in [-0.15, -0.1) is 0 Å². The number of rotatable bonds is 5. The standard InChI is InChI=1S/C34H54O9/c1-18-7-9-25-20(3)27(36-29-33(25)23(18)11-13-31(5,38-29)40-42-33)15-22(17-35)16-28-21(4)26-10-8-19(2)24-12-14-32(6)39-30(37-28)34(24,26)43-41-32/h18-30,35H,7-17H2,1-6H3/t18-,19-,20-,21-,22?,23+,24?,25+,26+,27?,28?,29?,30?,31+,32+,33?,34?/m1/s1. The van der Waals surface area contributed by atoms with Crippen molar-refractivity contribution in [3.63, 3.8) is 0 Å². The van der Waals surface area contributed by atoms with Crippen molar-refractivity contribution in [1.82, 2.24) is 0 Å². The van der Waals surface area contributed by atoms with E-state index >= 15 is 0 Å². The molecule has 0 aromatic carbocycles. The van der Waals surface area contributed by atoms with E-state index in [9.17, 15) is 5.11 Å². The molecule has 9 nitrogen and oxygen atoms in total. The van der Waals surface area contributed by atoms with Crippen LogP contribution in [-0.2, 0) is 38.5 Å². The van der Waals surface area contributed by atoms with Crippen molar-refractivity contribution < 1.29 is 43.6 Å². The van der Waals surface area contributed by atoms with Crippen molar-refractivity contribution in [1.29, 1.82) is 0 Å². The van der Waals surface area contributed by atoms with Crippen LogP contribution in [0, 0.1) is 53.3 Å². The van der Waals surface area contributed by atoms with Crippen molar-refractivity contribution in [2.24, 2.45) is 53.3 Å². The third kappa shape index (κ3) is 4.28. The average Bonchev–Trinajstić information content (AvgIpc) is 3.35. The molecule has 0 radical (unpaired) electrons. The molecule has 8 aliphatic heterocycles. The summed E-state index contributed by atoms with van der Waals surface area (Å²) < 4.78 is 27.0. The molecule has 2 aliphatic carbocycles. The zero-order valence-corrected chi connectivity index (χ0v) is 27.0. The van der Waals surface area contributed by atoms with Gasteiger partial charge in [0.25, 0.3) is 0 Å². The van der Waals surface area contributed by atoms with E-state index < -0.39 is 35.4 Å². The summed E-state index contributed by atoms with van der Waals surface area (Å²) in [7, 11) is 0. The first-order valence-electron chi connectivity index (χ1n) is 17.5. The van der Waals surface area contributed by atoms with E-state index in [4.69, 9.17) is 38.5 Å². The maximum absolute atomic E-state index is 10.8. The highest BCUT2D eigenvalue weighted by Gasteiger charge is 2.71. The van der Waals surface area contributed by atoms with E-state index in [2.05, 4.69) is 27.7 Å². The second kappa shape index (κ2) is 10.3. The topological polar surface area (TPSA) is 94.1 Å². The van der Waals surface area contributed by atoms with E-state index in [1.165, 1.54) is 12.8 Å². The van der Waals surface area contributed by atoms with Crippen LogP contribution in [0.3, 0.4) is 0 Å². The smallest absolute Gasteiger partial charge is 0.201 e. The van der Waals surface area contributed by atoms with Gasteiger partial charge in [-0.2, -0.15) is 0 Å². The molecular formula is C34H54O9. The largest absolute Gasteiger partial charge is 0.396 e. The summed E-state index contributed by atoms with van der Waals surface area (Å²) in [5, 5.41) is 10.8. The molecule has 9 heteroatoms. The minimum Gasteiger partial charge on any atom is -0.396 e. The van der Waals surface area contributed by atoms with Gasteiger partial charge < -0.3 is 24.1 Å². The van der Waals surface area contributed by atoms with Crippen LogP contribution in [0.1, 0.15) is 106 Å². The average molecular weight is 607 g/mol. The van der Waals surface area contributed by atoms with Gasteiger partial charge in [-0.25, -0.2) is 19.6 Å². The van der Waals surface area contributed by atoms with Gasteiger partial charge in [0, 0.05) is 31.3 Å². The highest BCUT2D eigenvalue weighted by atomic mass is 17.3. The molecule has 10 aliphatic rings. The lowest BCUT2D eigenvalue weighted by molar-refractivity contribution is -0.571. The quantitative estimate of drug-likeness (QED) is 0.385. The molecule has 2 spiro atoms. The Morgan fingerprint density at radius 1 is 0.605 bits per heavy atom. The van der Waals surface area contributed by atoms with E-state index in [1.807, 2.05) is 13.8 Å². The summed E-state index contributed by atoms with van der Waals surface area (Å²) in [6, 6.07) is 0. The fourth-order valence-electron chi connectivity index (χ4n) is 11.4. The van der Waals surface area contributed by atoms with Gasteiger partial charge >= 0.3 is 0 Å². The van der Waals surface area contributed by atoms with Crippen molar-refractivity contribution in [2.75, 3.05) is 6.61 Å². The van der Waals surface area contributed by atoms with E-state index in [0.29, 0.717) is 23.7 Å². The van der Waals surface area contributed by atoms with Crippen LogP contribution >= 0.6 is 0 Å². The fraction of sp³-hybridized carbons (Fsp3) is 1.00. The lowest BCUT2D eigenvalue weighted by atomic mass is 9.56. The van der Waals surface area contributed by atoms with Crippen molar-refractivity contribution >= 4 is 0 Å². The molecule has 244 valence electrons. The van der Waals surface area contributed by atoms with Crippen LogP contribution < -0.4 is 0 Å². The molecule has 4 bridgehead atoms. The van der Waals surface area contributed by atoms with Crippen LogP contribution in [-0.4, -0.2) is 59.3 Å². The van der Waals surface area contributed by atoms with Crippen LogP contribution in [0.25, 0.3) is 0 Å². The van der Waals surface area contributed by atoms with Gasteiger partial charge in [0.1, 0.15) is 0 Å². The first-order chi connectivity index (χ1) is 20.5. The Labute approximate surface area is 256 Å². The summed E-state index contributed by atoms with van der Waals surface area (Å²) in [6.45, 7) is 13.4. The summed E-state index contributed by atoms with van der Waals surface area (Å²) in [6.07, 6.45) is 8.74. The van der Waals surface area contributed by atoms with E-state index in [0.717, 1.165) is 51.4 Å². The van der Waals surface area contributed by atoms with Gasteiger partial charge in [-0.05, 0) is 107 Å². The predicted molar refractivity (Wildman–Crippen MR) is 153 cm³/mol. The highest BCUT2D eigenvalue weighted by Crippen LogP contribution is 2.63. The van der Waals surface area contributed by atoms with E-state index in [-0.39, 0.29) is 48.4 Å². The summed E-state index contributed by atoms with van der Waals surface area (Å²) in [5.41, 5.74) is -1.12. The molecule has 43 heavy (non-hydrogen) atoms. The number of ether oxygens (including phenoxy) is 4. The van der Waals surface area contributed by atoms with Crippen molar-refractivity contribution in [3.05, 3.63) is 0 Å². The number of aliphatic hydroxyl groups excluding tert-OH is 1. The maximum Gasteiger partial charge on any atom is 0.201 e. The molecule has 0 amide bonds. The molecule has 1 N–H and O–H groups in total. The summed E-state index contributed by atoms with van der Waals surface area (Å²) in [5.74, 6) is 1.35. The van der Waals surface area contributed by atoms with E-state index in [1.54, 1.807) is 0 Å².